The number of benzene rings is 2. The summed E-state index contributed by atoms with van der Waals surface area (Å²) in [5, 5.41) is 12.0. The first-order valence-corrected chi connectivity index (χ1v) is 14.9. The minimum atomic E-state index is -3.59. The molecule has 2 aromatic heterocycles. The van der Waals surface area contributed by atoms with E-state index in [9.17, 15) is 13.9 Å². The van der Waals surface area contributed by atoms with Gasteiger partial charge < -0.3 is 20.6 Å². The SMILES string of the molecule is COc1cc(/C(N)=C/N(N)CC2c3cc(C(C)(C)O)c(F)c(-c4ccc(F)cc4)[n+]3C2(F)F)cc2cc(F)cnc12.CSC. The zero-order chi connectivity index (χ0) is 32.6. The standard InChI is InChI=1S/C29H27F5N5O2.C2H6S/c1-28(2,40)20-11-23-21(29(33,34)39(23)27(25(20)32)15-4-6-18(30)7-5-15)13-38(36)14-22(35)16-8-17-9-19(31)12-37-26(17)24(10-16)41-3;1-3-2/h4-12,14,21,40H,13,35-36H2,1-3H3;1-2H3/q+1;/b22-14-;. The molecule has 13 heteroatoms. The summed E-state index contributed by atoms with van der Waals surface area (Å²) in [6.45, 7) is 2.23. The van der Waals surface area contributed by atoms with E-state index in [0.717, 1.165) is 23.3 Å². The average molecular weight is 635 g/mol. The molecule has 2 aromatic carbocycles. The Kier molecular flexibility index (Phi) is 9.43. The third kappa shape index (κ3) is 6.30. The van der Waals surface area contributed by atoms with Crippen LogP contribution in [0.1, 0.15) is 36.6 Å². The van der Waals surface area contributed by atoms with E-state index in [1.54, 1.807) is 23.9 Å². The summed E-state index contributed by atoms with van der Waals surface area (Å²) in [7, 11) is 1.41. The maximum atomic E-state index is 15.6. The predicted molar refractivity (Wildman–Crippen MR) is 161 cm³/mol. The first-order chi connectivity index (χ1) is 20.6. The van der Waals surface area contributed by atoms with Gasteiger partial charge in [0.2, 0.25) is 11.5 Å². The lowest BCUT2D eigenvalue weighted by molar-refractivity contribution is -0.868. The fourth-order valence-corrected chi connectivity index (χ4v) is 5.02. The second kappa shape index (κ2) is 12.6. The van der Waals surface area contributed by atoms with Gasteiger partial charge in [0.1, 0.15) is 22.9 Å². The number of hydrogen-bond donors (Lipinski definition) is 3. The quantitative estimate of drug-likeness (QED) is 0.105. The number of thioether (sulfide) groups is 1. The van der Waals surface area contributed by atoms with E-state index >= 15 is 13.2 Å². The molecule has 0 saturated carbocycles. The van der Waals surface area contributed by atoms with Crippen molar-refractivity contribution in [1.29, 1.82) is 0 Å². The molecule has 5 N–H and O–H groups in total. The average Bonchev–Trinajstić information content (AvgIpc) is 2.95. The molecule has 1 aliphatic heterocycles. The number of halogens is 5. The number of aliphatic hydroxyl groups is 1. The Balaban J connectivity index is 0.00000141. The van der Waals surface area contributed by atoms with Crippen LogP contribution in [0.4, 0.5) is 22.0 Å². The smallest absolute Gasteiger partial charge is 0.476 e. The van der Waals surface area contributed by atoms with Gasteiger partial charge in [0.15, 0.2) is 5.92 Å². The van der Waals surface area contributed by atoms with Gasteiger partial charge in [0.05, 0.1) is 31.1 Å². The number of ether oxygens (including phenoxy) is 1. The van der Waals surface area contributed by atoms with Crippen molar-refractivity contribution >= 4 is 28.4 Å². The first-order valence-electron chi connectivity index (χ1n) is 13.3. The van der Waals surface area contributed by atoms with Gasteiger partial charge in [-0.1, -0.05) is 0 Å². The van der Waals surface area contributed by atoms with Crippen molar-refractivity contribution in [2.45, 2.75) is 31.4 Å². The first kappa shape index (κ1) is 33.0. The lowest BCUT2D eigenvalue weighted by atomic mass is 9.85. The molecular weight excluding hydrogens is 601 g/mol. The molecule has 0 fully saturated rings. The minimum Gasteiger partial charge on any atom is -0.494 e. The number of nitrogens with zero attached hydrogens (tertiary/aromatic N) is 3. The van der Waals surface area contributed by atoms with E-state index in [4.69, 9.17) is 16.3 Å². The van der Waals surface area contributed by atoms with Crippen LogP contribution in [-0.4, -0.2) is 41.3 Å². The molecule has 234 valence electrons. The van der Waals surface area contributed by atoms with Crippen molar-refractivity contribution in [3.05, 3.63) is 95.2 Å². The number of hydrazine groups is 1. The highest BCUT2D eigenvalue weighted by molar-refractivity contribution is 7.97. The molecule has 1 atom stereocenters. The summed E-state index contributed by atoms with van der Waals surface area (Å²) in [6.07, 6.45) is 6.38. The van der Waals surface area contributed by atoms with Gasteiger partial charge in [-0.3, -0.25) is 0 Å². The highest BCUT2D eigenvalue weighted by Crippen LogP contribution is 2.46. The zero-order valence-corrected chi connectivity index (χ0v) is 25.5. The fraction of sp³-hybridized carbons (Fsp3) is 0.290. The second-order valence-electron chi connectivity index (χ2n) is 10.8. The number of fused-ring (bicyclic) bond motifs is 2. The Hall–Kier alpha value is -3.94. The van der Waals surface area contributed by atoms with Crippen LogP contribution in [0.5, 0.6) is 5.75 Å². The van der Waals surface area contributed by atoms with Gasteiger partial charge in [-0.25, -0.2) is 19.6 Å². The van der Waals surface area contributed by atoms with Gasteiger partial charge in [-0.15, -0.1) is 13.3 Å². The van der Waals surface area contributed by atoms with E-state index in [2.05, 4.69) is 4.98 Å². The summed E-state index contributed by atoms with van der Waals surface area (Å²) >= 11 is 1.75. The lowest BCUT2D eigenvalue weighted by Crippen LogP contribution is -2.70. The van der Waals surface area contributed by atoms with Crippen molar-refractivity contribution in [3.63, 3.8) is 0 Å². The zero-order valence-electron chi connectivity index (χ0n) is 24.7. The molecule has 0 spiro atoms. The van der Waals surface area contributed by atoms with E-state index in [-0.39, 0.29) is 22.5 Å². The second-order valence-corrected chi connectivity index (χ2v) is 11.6. The molecule has 3 heterocycles. The summed E-state index contributed by atoms with van der Waals surface area (Å²) in [6, 6.07) is 6.42. The number of methoxy groups -OCH3 is 1. The molecule has 44 heavy (non-hydrogen) atoms. The van der Waals surface area contributed by atoms with Crippen molar-refractivity contribution in [2.75, 3.05) is 26.2 Å². The van der Waals surface area contributed by atoms with Crippen LogP contribution in [-0.2, 0) is 11.6 Å². The van der Waals surface area contributed by atoms with E-state index in [0.29, 0.717) is 26.8 Å². The number of rotatable bonds is 7. The molecule has 4 aromatic rings. The fourth-order valence-electron chi connectivity index (χ4n) is 5.02. The van der Waals surface area contributed by atoms with Crippen LogP contribution >= 0.6 is 11.8 Å². The lowest BCUT2D eigenvalue weighted by Gasteiger charge is -2.35. The van der Waals surface area contributed by atoms with Crippen LogP contribution in [0.15, 0.2) is 60.9 Å². The summed E-state index contributed by atoms with van der Waals surface area (Å²) in [4.78, 5) is 4.03. The van der Waals surface area contributed by atoms with Crippen LogP contribution in [0.25, 0.3) is 27.9 Å². The number of nitrogens with two attached hydrogens (primary N) is 2. The Bertz CT molecular complexity index is 1710. The molecule has 1 unspecified atom stereocenters. The van der Waals surface area contributed by atoms with Crippen LogP contribution in [0.3, 0.4) is 0 Å². The Labute approximate surface area is 255 Å². The monoisotopic (exact) mass is 634 g/mol. The highest BCUT2D eigenvalue weighted by Gasteiger charge is 2.67. The molecule has 1 aliphatic rings. The molecule has 0 amide bonds. The Morgan fingerprint density at radius 1 is 1.11 bits per heavy atom. The predicted octanol–water partition coefficient (Wildman–Crippen LogP) is 5.60. The van der Waals surface area contributed by atoms with Gasteiger partial charge in [0.25, 0.3) is 5.69 Å². The molecule has 7 nitrogen and oxygen atoms in total. The number of pyridine rings is 2. The number of aromatic nitrogens is 2. The highest BCUT2D eigenvalue weighted by atomic mass is 32.2. The third-order valence-electron chi connectivity index (χ3n) is 7.04. The Morgan fingerprint density at radius 3 is 2.34 bits per heavy atom. The van der Waals surface area contributed by atoms with Crippen molar-refractivity contribution in [3.8, 4) is 17.0 Å². The maximum Gasteiger partial charge on any atom is 0.476 e. The largest absolute Gasteiger partial charge is 0.494 e. The minimum absolute atomic E-state index is 0.0132. The topological polar surface area (TPSA) is 102 Å². The van der Waals surface area contributed by atoms with E-state index in [1.165, 1.54) is 51.4 Å². The summed E-state index contributed by atoms with van der Waals surface area (Å²) in [5.74, 6) is 2.68. The van der Waals surface area contributed by atoms with Crippen molar-refractivity contribution < 1.29 is 36.4 Å². The summed E-state index contributed by atoms with van der Waals surface area (Å²) in [5.41, 5.74) is 4.73. The third-order valence-corrected chi connectivity index (χ3v) is 7.04. The number of hydrogen-bond acceptors (Lipinski definition) is 7. The molecular formula is C31H33F5N5O2S+. The van der Waals surface area contributed by atoms with Crippen LogP contribution in [0, 0.1) is 17.5 Å². The Morgan fingerprint density at radius 2 is 1.75 bits per heavy atom. The van der Waals surface area contributed by atoms with E-state index in [1.807, 2.05) is 12.5 Å². The van der Waals surface area contributed by atoms with Gasteiger partial charge >= 0.3 is 6.05 Å². The molecule has 0 saturated heterocycles. The van der Waals surface area contributed by atoms with Crippen molar-refractivity contribution in [2.24, 2.45) is 11.6 Å². The maximum absolute atomic E-state index is 15.6. The number of alkyl halides is 2. The van der Waals surface area contributed by atoms with Crippen molar-refractivity contribution in [1.82, 2.24) is 9.99 Å². The molecule has 0 radical (unpaired) electrons. The van der Waals surface area contributed by atoms with Gasteiger partial charge in [0, 0.05) is 34.3 Å². The summed E-state index contributed by atoms with van der Waals surface area (Å²) < 4.78 is 80.0. The normalized spacial score (nSPS) is 15.6. The van der Waals surface area contributed by atoms with Crippen LogP contribution < -0.4 is 20.9 Å². The molecule has 0 bridgehead atoms. The van der Waals surface area contributed by atoms with Gasteiger partial charge in [-0.2, -0.15) is 16.2 Å². The van der Waals surface area contributed by atoms with E-state index < -0.39 is 47.3 Å². The molecule has 0 aliphatic carbocycles. The van der Waals surface area contributed by atoms with Crippen LogP contribution in [0.2, 0.25) is 0 Å². The van der Waals surface area contributed by atoms with Gasteiger partial charge in [-0.05, 0) is 68.8 Å². The molecule has 5 rings (SSSR count).